The molecular weight excluding hydrogens is 288 g/mol. The van der Waals surface area contributed by atoms with Gasteiger partial charge in [0.1, 0.15) is 0 Å². The summed E-state index contributed by atoms with van der Waals surface area (Å²) < 4.78 is 5.09. The lowest BCUT2D eigenvalue weighted by molar-refractivity contribution is -0.121. The van der Waals surface area contributed by atoms with Crippen LogP contribution in [0.25, 0.3) is 0 Å². The number of imide groups is 1. The van der Waals surface area contributed by atoms with Crippen LogP contribution in [0, 0.1) is 0 Å². The Morgan fingerprint density at radius 2 is 2.05 bits per heavy atom. The number of carbonyl (C=O) groups excluding carboxylic acids is 2. The Bertz CT molecular complexity index is 530. The van der Waals surface area contributed by atoms with Gasteiger partial charge in [0.15, 0.2) is 0 Å². The molecule has 1 aliphatic heterocycles. The summed E-state index contributed by atoms with van der Waals surface area (Å²) in [5, 5.41) is 4.60. The number of hydrogen-bond acceptors (Lipinski definition) is 7. The van der Waals surface area contributed by atoms with E-state index >= 15 is 0 Å². The highest BCUT2D eigenvalue weighted by Crippen LogP contribution is 2.14. The zero-order valence-electron chi connectivity index (χ0n) is 12.7. The number of nitrogens with zero attached hydrogens (tertiary/aromatic N) is 4. The second kappa shape index (κ2) is 7.55. The molecule has 1 aliphatic rings. The van der Waals surface area contributed by atoms with Crippen LogP contribution < -0.4 is 20.3 Å². The van der Waals surface area contributed by atoms with Crippen molar-refractivity contribution >= 4 is 17.9 Å². The molecule has 1 fully saturated rings. The van der Waals surface area contributed by atoms with Gasteiger partial charge in [-0.25, -0.2) is 9.78 Å². The molecule has 22 heavy (non-hydrogen) atoms. The first-order valence-electron chi connectivity index (χ1n) is 6.98. The summed E-state index contributed by atoms with van der Waals surface area (Å²) in [5.41, 5.74) is 0. The fraction of sp³-hybridized carbons (Fsp3) is 0.538. The van der Waals surface area contributed by atoms with Gasteiger partial charge in [-0.3, -0.25) is 15.0 Å². The van der Waals surface area contributed by atoms with Crippen LogP contribution in [0.5, 0.6) is 5.88 Å². The van der Waals surface area contributed by atoms with E-state index in [0.717, 1.165) is 0 Å². The van der Waals surface area contributed by atoms with Gasteiger partial charge in [-0.2, -0.15) is 4.98 Å². The number of hydrogen-bond donors (Lipinski definition) is 2. The van der Waals surface area contributed by atoms with Crippen molar-refractivity contribution in [3.63, 3.8) is 0 Å². The number of methoxy groups -OCH3 is 1. The Morgan fingerprint density at radius 3 is 2.68 bits per heavy atom. The highest BCUT2D eigenvalue weighted by molar-refractivity contribution is 5.95. The lowest BCUT2D eigenvalue weighted by atomic mass is 10.3. The van der Waals surface area contributed by atoms with Gasteiger partial charge in [-0.05, 0) is 0 Å². The molecule has 120 valence electrons. The molecule has 2 heterocycles. The maximum absolute atomic E-state index is 11.6. The van der Waals surface area contributed by atoms with Crippen molar-refractivity contribution in [3.8, 4) is 5.88 Å². The van der Waals surface area contributed by atoms with Gasteiger partial charge < -0.3 is 15.0 Å². The average molecular weight is 308 g/mol. The maximum Gasteiger partial charge on any atom is 0.321 e. The lowest BCUT2D eigenvalue weighted by Crippen LogP contribution is -2.51. The topological polar surface area (TPSA) is 99.7 Å². The number of anilines is 1. The van der Waals surface area contributed by atoms with E-state index in [2.05, 4.69) is 20.6 Å². The van der Waals surface area contributed by atoms with E-state index in [9.17, 15) is 9.59 Å². The zero-order chi connectivity index (χ0) is 15.9. The lowest BCUT2D eigenvalue weighted by Gasteiger charge is -2.34. The third-order valence-electron chi connectivity index (χ3n) is 3.33. The molecule has 1 aromatic heterocycles. The highest BCUT2D eigenvalue weighted by atomic mass is 16.5. The summed E-state index contributed by atoms with van der Waals surface area (Å²) in [7, 11) is 3.03. The number of rotatable bonds is 4. The monoisotopic (exact) mass is 308 g/mol. The number of carbonyl (C=O) groups is 2. The largest absolute Gasteiger partial charge is 0.481 e. The van der Waals surface area contributed by atoms with Crippen LogP contribution in [0.1, 0.15) is 0 Å². The summed E-state index contributed by atoms with van der Waals surface area (Å²) in [6.45, 7) is 3.00. The molecule has 0 aromatic carbocycles. The van der Waals surface area contributed by atoms with Crippen LogP contribution in [0.2, 0.25) is 0 Å². The summed E-state index contributed by atoms with van der Waals surface area (Å²) >= 11 is 0. The summed E-state index contributed by atoms with van der Waals surface area (Å²) in [6.07, 6.45) is 1.66. The minimum atomic E-state index is -0.492. The molecule has 1 saturated heterocycles. The first kappa shape index (κ1) is 16.0. The molecule has 0 saturated carbocycles. The molecule has 2 N–H and O–H groups in total. The summed E-state index contributed by atoms with van der Waals surface area (Å²) in [4.78, 5) is 35.3. The first-order valence-corrected chi connectivity index (χ1v) is 6.98. The third-order valence-corrected chi connectivity index (χ3v) is 3.33. The third kappa shape index (κ3) is 4.29. The van der Waals surface area contributed by atoms with E-state index in [1.165, 1.54) is 7.05 Å². The Hall–Kier alpha value is -2.42. The first-order chi connectivity index (χ1) is 10.6. The van der Waals surface area contributed by atoms with Gasteiger partial charge >= 0.3 is 6.03 Å². The number of piperazine rings is 1. The van der Waals surface area contributed by atoms with E-state index in [0.29, 0.717) is 38.0 Å². The number of aromatic nitrogens is 2. The fourth-order valence-electron chi connectivity index (χ4n) is 2.14. The SMILES string of the molecule is CNC(=O)NC(=O)CN1CCN(c2nccc(OC)n2)CC1. The van der Waals surface area contributed by atoms with E-state index in [-0.39, 0.29) is 12.5 Å². The van der Waals surface area contributed by atoms with E-state index in [1.54, 1.807) is 19.4 Å². The minimum Gasteiger partial charge on any atom is -0.481 e. The van der Waals surface area contributed by atoms with Crippen LogP contribution in [-0.2, 0) is 4.79 Å². The van der Waals surface area contributed by atoms with Crippen molar-refractivity contribution in [1.82, 2.24) is 25.5 Å². The molecule has 0 radical (unpaired) electrons. The van der Waals surface area contributed by atoms with Crippen molar-refractivity contribution in [2.75, 3.05) is 51.8 Å². The van der Waals surface area contributed by atoms with E-state index < -0.39 is 6.03 Å². The van der Waals surface area contributed by atoms with Crippen molar-refractivity contribution in [2.45, 2.75) is 0 Å². The van der Waals surface area contributed by atoms with Crippen LogP contribution in [-0.4, -0.2) is 73.7 Å². The second-order valence-electron chi connectivity index (χ2n) is 4.79. The van der Waals surface area contributed by atoms with Gasteiger partial charge in [-0.15, -0.1) is 0 Å². The van der Waals surface area contributed by atoms with Gasteiger partial charge in [0.05, 0.1) is 13.7 Å². The van der Waals surface area contributed by atoms with Crippen molar-refractivity contribution in [2.24, 2.45) is 0 Å². The quantitative estimate of drug-likeness (QED) is 0.740. The zero-order valence-corrected chi connectivity index (χ0v) is 12.7. The molecule has 3 amide bonds. The molecule has 2 rings (SSSR count). The Balaban J connectivity index is 1.82. The van der Waals surface area contributed by atoms with Crippen molar-refractivity contribution < 1.29 is 14.3 Å². The van der Waals surface area contributed by atoms with Crippen molar-refractivity contribution in [1.29, 1.82) is 0 Å². The van der Waals surface area contributed by atoms with Gasteiger partial charge in [0, 0.05) is 45.5 Å². The van der Waals surface area contributed by atoms with Crippen LogP contribution >= 0.6 is 0 Å². The standard InChI is InChI=1S/C13H20N6O3/c1-14-13(21)16-10(20)9-18-5-7-19(8-6-18)12-15-4-3-11(17-12)22-2/h3-4H,5-9H2,1-2H3,(H2,14,16,20,21). The molecule has 9 nitrogen and oxygen atoms in total. The maximum atomic E-state index is 11.6. The Kier molecular flexibility index (Phi) is 5.48. The molecule has 0 atom stereocenters. The second-order valence-corrected chi connectivity index (χ2v) is 4.79. The molecule has 9 heteroatoms. The molecule has 0 unspecified atom stereocenters. The van der Waals surface area contributed by atoms with Gasteiger partial charge in [-0.1, -0.05) is 0 Å². The number of nitrogens with one attached hydrogen (secondary N) is 2. The van der Waals surface area contributed by atoms with Crippen molar-refractivity contribution in [3.05, 3.63) is 12.3 Å². The Labute approximate surface area is 128 Å². The summed E-state index contributed by atoms with van der Waals surface area (Å²) in [5.74, 6) is 0.830. The number of ether oxygens (including phenoxy) is 1. The summed E-state index contributed by atoms with van der Waals surface area (Å²) in [6, 6.07) is 1.21. The Morgan fingerprint density at radius 1 is 1.32 bits per heavy atom. The van der Waals surface area contributed by atoms with E-state index in [4.69, 9.17) is 4.74 Å². The molecule has 0 aliphatic carbocycles. The predicted molar refractivity (Wildman–Crippen MR) is 79.8 cm³/mol. The highest BCUT2D eigenvalue weighted by Gasteiger charge is 2.21. The molecule has 0 bridgehead atoms. The smallest absolute Gasteiger partial charge is 0.321 e. The average Bonchev–Trinajstić information content (AvgIpc) is 2.55. The van der Waals surface area contributed by atoms with Crippen LogP contribution in [0.4, 0.5) is 10.7 Å². The molecule has 1 aromatic rings. The minimum absolute atomic E-state index is 0.195. The predicted octanol–water partition coefficient (Wildman–Crippen LogP) is -0.937. The van der Waals surface area contributed by atoms with Crippen LogP contribution in [0.15, 0.2) is 12.3 Å². The molecular formula is C13H20N6O3. The normalized spacial score (nSPS) is 15.3. The van der Waals surface area contributed by atoms with Crippen LogP contribution in [0.3, 0.4) is 0 Å². The fourth-order valence-corrected chi connectivity index (χ4v) is 2.14. The number of amides is 3. The number of urea groups is 1. The van der Waals surface area contributed by atoms with Gasteiger partial charge in [0.25, 0.3) is 0 Å². The molecule has 0 spiro atoms. The van der Waals surface area contributed by atoms with Gasteiger partial charge in [0.2, 0.25) is 17.7 Å². The van der Waals surface area contributed by atoms with E-state index in [1.807, 2.05) is 9.80 Å².